The van der Waals surface area contributed by atoms with Gasteiger partial charge in [-0.15, -0.1) is 0 Å². The summed E-state index contributed by atoms with van der Waals surface area (Å²) in [5.41, 5.74) is 0.520. The highest BCUT2D eigenvalue weighted by atomic mass is 16.5. The molecule has 74 valence electrons. The molecule has 0 unspecified atom stereocenters. The normalized spacial score (nSPS) is 12.2. The van der Waals surface area contributed by atoms with E-state index < -0.39 is 0 Å². The van der Waals surface area contributed by atoms with Gasteiger partial charge in [-0.1, -0.05) is 0 Å². The van der Waals surface area contributed by atoms with Crippen molar-refractivity contribution in [3.8, 4) is 0 Å². The summed E-state index contributed by atoms with van der Waals surface area (Å²) in [6.45, 7) is 3.96. The number of aromatic nitrogens is 3. The van der Waals surface area contributed by atoms with Crippen molar-refractivity contribution < 1.29 is 4.74 Å². The molecular formula is C10H13N3O. The van der Waals surface area contributed by atoms with Crippen molar-refractivity contribution in [2.24, 2.45) is 0 Å². The summed E-state index contributed by atoms with van der Waals surface area (Å²) in [5.74, 6) is 0.702. The van der Waals surface area contributed by atoms with Crippen molar-refractivity contribution in [1.29, 1.82) is 0 Å². The molecule has 0 amide bonds. The van der Waals surface area contributed by atoms with Crippen LogP contribution in [-0.2, 0) is 10.3 Å². The molecule has 2 aromatic heterocycles. The van der Waals surface area contributed by atoms with E-state index in [1.54, 1.807) is 13.3 Å². The molecule has 0 aliphatic heterocycles. The molecule has 0 atom stereocenters. The van der Waals surface area contributed by atoms with Crippen LogP contribution in [0.4, 0.5) is 0 Å². The van der Waals surface area contributed by atoms with Gasteiger partial charge >= 0.3 is 0 Å². The Bertz CT molecular complexity index is 414. The Morgan fingerprint density at radius 3 is 2.86 bits per heavy atom. The topological polar surface area (TPSA) is 39.4 Å². The molecule has 0 aromatic carbocycles. The highest BCUT2D eigenvalue weighted by molar-refractivity contribution is 5.31. The number of methoxy groups -OCH3 is 1. The largest absolute Gasteiger partial charge is 0.372 e. The minimum Gasteiger partial charge on any atom is -0.372 e. The number of nitrogens with zero attached hydrogens (tertiary/aromatic N) is 3. The van der Waals surface area contributed by atoms with E-state index in [-0.39, 0.29) is 5.60 Å². The molecule has 2 heterocycles. The fourth-order valence-corrected chi connectivity index (χ4v) is 1.22. The third-order valence-corrected chi connectivity index (χ3v) is 2.36. The number of imidazole rings is 1. The van der Waals surface area contributed by atoms with E-state index >= 15 is 0 Å². The molecule has 14 heavy (non-hydrogen) atoms. The first kappa shape index (κ1) is 9.15. The average Bonchev–Trinajstić information content (AvgIpc) is 2.61. The second-order valence-electron chi connectivity index (χ2n) is 3.67. The SMILES string of the molecule is COC(C)(C)c1cn2cccnc2n1. The van der Waals surface area contributed by atoms with Crippen molar-refractivity contribution in [3.63, 3.8) is 0 Å². The first-order valence-corrected chi connectivity index (χ1v) is 4.49. The quantitative estimate of drug-likeness (QED) is 0.724. The van der Waals surface area contributed by atoms with Gasteiger partial charge < -0.3 is 4.74 Å². The first-order chi connectivity index (χ1) is 6.63. The molecule has 0 saturated carbocycles. The molecule has 0 saturated heterocycles. The number of hydrogen-bond donors (Lipinski definition) is 0. The van der Waals surface area contributed by atoms with Gasteiger partial charge in [0.2, 0.25) is 5.78 Å². The maximum atomic E-state index is 5.35. The Kier molecular flexibility index (Phi) is 2.00. The number of hydrogen-bond acceptors (Lipinski definition) is 3. The van der Waals surface area contributed by atoms with Crippen LogP contribution in [-0.4, -0.2) is 21.5 Å². The zero-order chi connectivity index (χ0) is 10.2. The van der Waals surface area contributed by atoms with Gasteiger partial charge in [0.05, 0.1) is 5.69 Å². The Morgan fingerprint density at radius 2 is 2.21 bits per heavy atom. The van der Waals surface area contributed by atoms with Gasteiger partial charge in [0.1, 0.15) is 5.60 Å². The molecule has 2 rings (SSSR count). The van der Waals surface area contributed by atoms with Crippen LogP contribution >= 0.6 is 0 Å². The minimum atomic E-state index is -0.367. The van der Waals surface area contributed by atoms with E-state index in [0.29, 0.717) is 5.78 Å². The highest BCUT2D eigenvalue weighted by Gasteiger charge is 2.22. The number of fused-ring (bicyclic) bond motifs is 1. The van der Waals surface area contributed by atoms with Crippen molar-refractivity contribution in [2.75, 3.05) is 7.11 Å². The molecule has 2 aromatic rings. The number of rotatable bonds is 2. The van der Waals surface area contributed by atoms with Crippen LogP contribution in [0.1, 0.15) is 19.5 Å². The second kappa shape index (κ2) is 3.06. The van der Waals surface area contributed by atoms with Gasteiger partial charge in [-0.05, 0) is 19.9 Å². The summed E-state index contributed by atoms with van der Waals surface area (Å²) < 4.78 is 7.23. The van der Waals surface area contributed by atoms with E-state index in [4.69, 9.17) is 4.74 Å². The van der Waals surface area contributed by atoms with Gasteiger partial charge in [-0.2, -0.15) is 0 Å². The molecular weight excluding hydrogens is 178 g/mol. The second-order valence-corrected chi connectivity index (χ2v) is 3.67. The van der Waals surface area contributed by atoms with Crippen LogP contribution in [0, 0.1) is 0 Å². The fraction of sp³-hybridized carbons (Fsp3) is 0.400. The van der Waals surface area contributed by atoms with Crippen LogP contribution < -0.4 is 0 Å². The Balaban J connectivity index is 2.55. The summed E-state index contributed by atoms with van der Waals surface area (Å²) in [4.78, 5) is 8.53. The van der Waals surface area contributed by atoms with Crippen LogP contribution in [0.2, 0.25) is 0 Å². The van der Waals surface area contributed by atoms with Gasteiger partial charge in [-0.3, -0.25) is 4.40 Å². The van der Waals surface area contributed by atoms with E-state index in [1.165, 1.54) is 0 Å². The third kappa shape index (κ3) is 1.37. The molecule has 0 bridgehead atoms. The monoisotopic (exact) mass is 191 g/mol. The summed E-state index contributed by atoms with van der Waals surface area (Å²) in [6.07, 6.45) is 5.59. The molecule has 0 aliphatic rings. The summed E-state index contributed by atoms with van der Waals surface area (Å²) in [6, 6.07) is 1.87. The van der Waals surface area contributed by atoms with E-state index in [0.717, 1.165) is 5.69 Å². The fourth-order valence-electron chi connectivity index (χ4n) is 1.22. The molecule has 0 spiro atoms. The maximum absolute atomic E-state index is 5.35. The van der Waals surface area contributed by atoms with Crippen molar-refractivity contribution in [3.05, 3.63) is 30.4 Å². The van der Waals surface area contributed by atoms with E-state index in [2.05, 4.69) is 9.97 Å². The lowest BCUT2D eigenvalue weighted by Crippen LogP contribution is -2.19. The standard InChI is InChI=1S/C10H13N3O/c1-10(2,14-3)8-7-13-6-4-5-11-9(13)12-8/h4-7H,1-3H3. The summed E-state index contributed by atoms with van der Waals surface area (Å²) >= 11 is 0. The Labute approximate surface area is 82.6 Å². The van der Waals surface area contributed by atoms with Gasteiger partial charge in [0, 0.05) is 25.7 Å². The molecule has 4 nitrogen and oxygen atoms in total. The lowest BCUT2D eigenvalue weighted by molar-refractivity contribution is 0.0159. The Hall–Kier alpha value is -1.42. The average molecular weight is 191 g/mol. The van der Waals surface area contributed by atoms with Crippen molar-refractivity contribution in [1.82, 2.24) is 14.4 Å². The summed E-state index contributed by atoms with van der Waals surface area (Å²) in [7, 11) is 1.68. The van der Waals surface area contributed by atoms with Crippen molar-refractivity contribution in [2.45, 2.75) is 19.4 Å². The molecule has 0 N–H and O–H groups in total. The maximum Gasteiger partial charge on any atom is 0.234 e. The first-order valence-electron chi connectivity index (χ1n) is 4.49. The van der Waals surface area contributed by atoms with Crippen LogP contribution in [0.3, 0.4) is 0 Å². The predicted molar refractivity (Wildman–Crippen MR) is 53.0 cm³/mol. The van der Waals surface area contributed by atoms with E-state index in [1.807, 2.05) is 36.7 Å². The van der Waals surface area contributed by atoms with E-state index in [9.17, 15) is 0 Å². The van der Waals surface area contributed by atoms with Crippen LogP contribution in [0.5, 0.6) is 0 Å². The lowest BCUT2D eigenvalue weighted by Gasteiger charge is -2.19. The molecule has 0 fully saturated rings. The molecule has 4 heteroatoms. The molecule has 0 aliphatic carbocycles. The van der Waals surface area contributed by atoms with Crippen LogP contribution in [0.15, 0.2) is 24.7 Å². The van der Waals surface area contributed by atoms with Gasteiger partial charge in [0.15, 0.2) is 0 Å². The molecule has 0 radical (unpaired) electrons. The van der Waals surface area contributed by atoms with Crippen LogP contribution in [0.25, 0.3) is 5.78 Å². The zero-order valence-corrected chi connectivity index (χ0v) is 8.56. The minimum absolute atomic E-state index is 0.367. The van der Waals surface area contributed by atoms with Gasteiger partial charge in [0.25, 0.3) is 0 Å². The Morgan fingerprint density at radius 1 is 1.43 bits per heavy atom. The van der Waals surface area contributed by atoms with Crippen molar-refractivity contribution >= 4 is 5.78 Å². The third-order valence-electron chi connectivity index (χ3n) is 2.36. The summed E-state index contributed by atoms with van der Waals surface area (Å²) in [5, 5.41) is 0. The highest BCUT2D eigenvalue weighted by Crippen LogP contribution is 2.22. The van der Waals surface area contributed by atoms with Gasteiger partial charge in [-0.25, -0.2) is 9.97 Å². The number of ether oxygens (including phenoxy) is 1. The predicted octanol–water partition coefficient (Wildman–Crippen LogP) is 1.61. The smallest absolute Gasteiger partial charge is 0.234 e. The lowest BCUT2D eigenvalue weighted by atomic mass is 10.1. The zero-order valence-electron chi connectivity index (χ0n) is 8.56.